The monoisotopic (exact) mass is 214 g/mol. The average molecular weight is 214 g/mol. The number of carbonyl (C=O) groups is 1. The van der Waals surface area contributed by atoms with Gasteiger partial charge in [0.25, 0.3) is 0 Å². The molecule has 0 N–H and O–H groups in total. The number of nitrogens with zero attached hydrogens (tertiary/aromatic N) is 2. The number of hydrogen-bond donors (Lipinski definition) is 0. The maximum absolute atomic E-state index is 10.5. The lowest BCUT2D eigenvalue weighted by Gasteiger charge is -2.03. The number of carbonyl (C=O) groups excluding carboxylic acids is 1. The van der Waals surface area contributed by atoms with Crippen LogP contribution in [0.2, 0.25) is 0 Å². The molecule has 0 aliphatic heterocycles. The third-order valence-electron chi connectivity index (χ3n) is 2.00. The van der Waals surface area contributed by atoms with Crippen LogP contribution in [0.5, 0.6) is 11.8 Å². The van der Waals surface area contributed by atoms with E-state index in [0.29, 0.717) is 17.3 Å². The summed E-state index contributed by atoms with van der Waals surface area (Å²) >= 11 is 0. The molecule has 0 unspecified atom stereocenters. The van der Waals surface area contributed by atoms with Crippen LogP contribution in [-0.2, 0) is 0 Å². The molecular weight excluding hydrogens is 204 g/mol. The molecule has 1 heterocycles. The van der Waals surface area contributed by atoms with Crippen molar-refractivity contribution in [1.29, 1.82) is 0 Å². The molecule has 0 saturated heterocycles. The first-order valence-corrected chi connectivity index (χ1v) is 4.81. The number of aromatic nitrogens is 2. The quantitative estimate of drug-likeness (QED) is 0.736. The maximum Gasteiger partial charge on any atom is 0.322 e. The van der Waals surface area contributed by atoms with Crippen molar-refractivity contribution in [1.82, 2.24) is 9.97 Å². The molecule has 80 valence electrons. The first-order valence-electron chi connectivity index (χ1n) is 4.81. The molecule has 0 amide bonds. The Hall–Kier alpha value is -2.23. The summed E-state index contributed by atoms with van der Waals surface area (Å²) in [6.07, 6.45) is 2.42. The standard InChI is InChI=1S/C12H10N2O2/c1-9-6-7-13-12(14-9)16-11-4-2-10(8-15)3-5-11/h2-8H,1H3. The van der Waals surface area contributed by atoms with E-state index in [4.69, 9.17) is 4.74 Å². The smallest absolute Gasteiger partial charge is 0.322 e. The molecule has 0 atom stereocenters. The topological polar surface area (TPSA) is 52.1 Å². The molecule has 2 aromatic rings. The summed E-state index contributed by atoms with van der Waals surface area (Å²) < 4.78 is 5.42. The molecule has 0 fully saturated rings. The zero-order chi connectivity index (χ0) is 11.4. The summed E-state index contributed by atoms with van der Waals surface area (Å²) in [7, 11) is 0. The summed E-state index contributed by atoms with van der Waals surface area (Å²) in [5, 5.41) is 0. The van der Waals surface area contributed by atoms with Gasteiger partial charge in [-0.2, -0.15) is 0 Å². The third-order valence-corrected chi connectivity index (χ3v) is 2.00. The van der Waals surface area contributed by atoms with E-state index in [-0.39, 0.29) is 0 Å². The van der Waals surface area contributed by atoms with Crippen molar-refractivity contribution in [3.05, 3.63) is 47.8 Å². The Morgan fingerprint density at radius 3 is 2.56 bits per heavy atom. The van der Waals surface area contributed by atoms with Crippen molar-refractivity contribution in [2.75, 3.05) is 0 Å². The van der Waals surface area contributed by atoms with E-state index in [1.54, 1.807) is 36.5 Å². The highest BCUT2D eigenvalue weighted by Gasteiger charge is 2.00. The van der Waals surface area contributed by atoms with Crippen LogP contribution in [0.4, 0.5) is 0 Å². The molecule has 0 bridgehead atoms. The van der Waals surface area contributed by atoms with E-state index in [0.717, 1.165) is 12.0 Å². The van der Waals surface area contributed by atoms with Crippen LogP contribution in [0, 0.1) is 6.92 Å². The van der Waals surface area contributed by atoms with Gasteiger partial charge in [-0.3, -0.25) is 4.79 Å². The second-order valence-corrected chi connectivity index (χ2v) is 3.27. The van der Waals surface area contributed by atoms with Gasteiger partial charge in [0.15, 0.2) is 0 Å². The second-order valence-electron chi connectivity index (χ2n) is 3.27. The number of ether oxygens (including phenoxy) is 1. The molecule has 0 aliphatic rings. The zero-order valence-corrected chi connectivity index (χ0v) is 8.75. The van der Waals surface area contributed by atoms with Gasteiger partial charge in [-0.1, -0.05) is 0 Å². The highest BCUT2D eigenvalue weighted by Crippen LogP contribution is 2.17. The molecule has 0 spiro atoms. The normalized spacial score (nSPS) is 9.81. The molecule has 0 aliphatic carbocycles. The summed E-state index contributed by atoms with van der Waals surface area (Å²) in [5.74, 6) is 0.608. The van der Waals surface area contributed by atoms with Crippen molar-refractivity contribution in [2.45, 2.75) is 6.92 Å². The van der Waals surface area contributed by atoms with Crippen molar-refractivity contribution < 1.29 is 9.53 Å². The minimum Gasteiger partial charge on any atom is -0.424 e. The number of hydrogen-bond acceptors (Lipinski definition) is 4. The molecule has 2 rings (SSSR count). The first-order chi connectivity index (χ1) is 7.78. The Kier molecular flexibility index (Phi) is 2.91. The van der Waals surface area contributed by atoms with E-state index < -0.39 is 0 Å². The number of rotatable bonds is 3. The molecule has 0 saturated carbocycles. The number of aldehydes is 1. The number of aryl methyl sites for hydroxylation is 1. The van der Waals surface area contributed by atoms with Gasteiger partial charge in [0.1, 0.15) is 12.0 Å². The van der Waals surface area contributed by atoms with Gasteiger partial charge in [0.2, 0.25) is 0 Å². The van der Waals surface area contributed by atoms with Gasteiger partial charge in [0, 0.05) is 17.5 Å². The van der Waals surface area contributed by atoms with Crippen LogP contribution in [-0.4, -0.2) is 16.3 Å². The van der Waals surface area contributed by atoms with Crippen LogP contribution in [0.1, 0.15) is 16.1 Å². The van der Waals surface area contributed by atoms with Gasteiger partial charge in [0.05, 0.1) is 0 Å². The fraction of sp³-hybridized carbons (Fsp3) is 0.0833. The Bertz CT molecular complexity index is 495. The van der Waals surface area contributed by atoms with Crippen molar-refractivity contribution in [2.24, 2.45) is 0 Å². The minimum atomic E-state index is 0.304. The van der Waals surface area contributed by atoms with E-state index in [9.17, 15) is 4.79 Å². The molecule has 16 heavy (non-hydrogen) atoms. The lowest BCUT2D eigenvalue weighted by Crippen LogP contribution is -1.92. The fourth-order valence-electron chi connectivity index (χ4n) is 1.19. The lowest BCUT2D eigenvalue weighted by atomic mass is 10.2. The van der Waals surface area contributed by atoms with Crippen LogP contribution < -0.4 is 4.74 Å². The molecule has 1 aromatic heterocycles. The van der Waals surface area contributed by atoms with Gasteiger partial charge in [-0.15, -0.1) is 0 Å². The summed E-state index contributed by atoms with van der Waals surface area (Å²) in [5.41, 5.74) is 1.45. The van der Waals surface area contributed by atoms with Crippen LogP contribution >= 0.6 is 0 Å². The van der Waals surface area contributed by atoms with E-state index in [1.807, 2.05) is 6.92 Å². The second kappa shape index (κ2) is 4.53. The fourth-order valence-corrected chi connectivity index (χ4v) is 1.19. The first kappa shape index (κ1) is 10.3. The predicted molar refractivity (Wildman–Crippen MR) is 58.7 cm³/mol. The highest BCUT2D eigenvalue weighted by atomic mass is 16.5. The summed E-state index contributed by atoms with van der Waals surface area (Å²) in [4.78, 5) is 18.5. The van der Waals surface area contributed by atoms with Crippen molar-refractivity contribution in [3.63, 3.8) is 0 Å². The molecule has 4 heteroatoms. The van der Waals surface area contributed by atoms with Crippen LogP contribution in [0.3, 0.4) is 0 Å². The van der Waals surface area contributed by atoms with Gasteiger partial charge >= 0.3 is 6.01 Å². The van der Waals surface area contributed by atoms with E-state index >= 15 is 0 Å². The summed E-state index contributed by atoms with van der Waals surface area (Å²) in [6, 6.07) is 8.86. The Morgan fingerprint density at radius 1 is 1.19 bits per heavy atom. The number of benzene rings is 1. The Morgan fingerprint density at radius 2 is 1.94 bits per heavy atom. The zero-order valence-electron chi connectivity index (χ0n) is 8.75. The highest BCUT2D eigenvalue weighted by molar-refractivity contribution is 5.74. The Labute approximate surface area is 92.9 Å². The maximum atomic E-state index is 10.5. The minimum absolute atomic E-state index is 0.304. The lowest BCUT2D eigenvalue weighted by molar-refractivity contribution is 0.112. The molecular formula is C12H10N2O2. The Balaban J connectivity index is 2.17. The molecule has 4 nitrogen and oxygen atoms in total. The van der Waals surface area contributed by atoms with Gasteiger partial charge in [-0.25, -0.2) is 9.97 Å². The van der Waals surface area contributed by atoms with Gasteiger partial charge in [-0.05, 0) is 37.3 Å². The largest absolute Gasteiger partial charge is 0.424 e. The summed E-state index contributed by atoms with van der Waals surface area (Å²) in [6.45, 7) is 1.87. The predicted octanol–water partition coefficient (Wildman–Crippen LogP) is 2.39. The van der Waals surface area contributed by atoms with Crippen LogP contribution in [0.25, 0.3) is 0 Å². The van der Waals surface area contributed by atoms with Crippen LogP contribution in [0.15, 0.2) is 36.5 Å². The molecule has 0 radical (unpaired) electrons. The van der Waals surface area contributed by atoms with E-state index in [1.165, 1.54) is 0 Å². The van der Waals surface area contributed by atoms with Gasteiger partial charge < -0.3 is 4.74 Å². The SMILES string of the molecule is Cc1ccnc(Oc2ccc(C=O)cc2)n1. The van der Waals surface area contributed by atoms with Crippen molar-refractivity contribution in [3.8, 4) is 11.8 Å². The molecule has 1 aromatic carbocycles. The van der Waals surface area contributed by atoms with E-state index in [2.05, 4.69) is 9.97 Å². The van der Waals surface area contributed by atoms with Crippen molar-refractivity contribution >= 4 is 6.29 Å². The average Bonchev–Trinajstić information content (AvgIpc) is 2.30. The third kappa shape index (κ3) is 2.42.